The summed E-state index contributed by atoms with van der Waals surface area (Å²) in [6.07, 6.45) is 2.50. The zero-order chi connectivity index (χ0) is 15.5. The average Bonchev–Trinajstić information content (AvgIpc) is 3.27. The van der Waals surface area contributed by atoms with E-state index in [4.69, 9.17) is 0 Å². The quantitative estimate of drug-likeness (QED) is 0.911. The summed E-state index contributed by atoms with van der Waals surface area (Å²) in [6, 6.07) is 12.3. The lowest BCUT2D eigenvalue weighted by molar-refractivity contribution is -0.117. The van der Waals surface area contributed by atoms with Crippen LogP contribution in [-0.4, -0.2) is 16.8 Å². The van der Waals surface area contributed by atoms with Gasteiger partial charge in [0.15, 0.2) is 0 Å². The van der Waals surface area contributed by atoms with Crippen molar-refractivity contribution in [3.63, 3.8) is 0 Å². The number of benzene rings is 1. The molecule has 1 fully saturated rings. The van der Waals surface area contributed by atoms with Crippen LogP contribution in [0, 0.1) is 11.8 Å². The van der Waals surface area contributed by atoms with Crippen LogP contribution in [0.3, 0.4) is 0 Å². The summed E-state index contributed by atoms with van der Waals surface area (Å²) in [4.78, 5) is 28.0. The fourth-order valence-corrected chi connectivity index (χ4v) is 2.24. The number of carbonyl (C=O) groups is 2. The Morgan fingerprint density at radius 3 is 2.41 bits per heavy atom. The standard InChI is InChI=1S/C17H17N3O2/c1-11-9-14(11)17(22)19-13-7-8-15(18-10-13)20-16(21)12-5-3-2-4-6-12/h2-8,10-11,14H,9H2,1H3,(H,19,22)(H,18,20,21)/t11-,14+/m1/s1. The van der Waals surface area contributed by atoms with Gasteiger partial charge in [-0.15, -0.1) is 0 Å². The lowest BCUT2D eigenvalue weighted by Crippen LogP contribution is -2.15. The van der Waals surface area contributed by atoms with Crippen LogP contribution in [0.25, 0.3) is 0 Å². The molecule has 1 aromatic heterocycles. The van der Waals surface area contributed by atoms with E-state index in [-0.39, 0.29) is 17.7 Å². The van der Waals surface area contributed by atoms with Crippen molar-refractivity contribution in [2.24, 2.45) is 11.8 Å². The van der Waals surface area contributed by atoms with Crippen molar-refractivity contribution in [3.8, 4) is 0 Å². The fourth-order valence-electron chi connectivity index (χ4n) is 2.24. The average molecular weight is 295 g/mol. The maximum atomic E-state index is 12.0. The molecule has 5 heteroatoms. The van der Waals surface area contributed by atoms with Gasteiger partial charge in [0.05, 0.1) is 11.9 Å². The molecule has 3 rings (SSSR count). The van der Waals surface area contributed by atoms with Crippen molar-refractivity contribution < 1.29 is 9.59 Å². The van der Waals surface area contributed by atoms with E-state index < -0.39 is 0 Å². The molecule has 2 atom stereocenters. The summed E-state index contributed by atoms with van der Waals surface area (Å²) in [6.45, 7) is 2.06. The number of anilines is 2. The molecule has 2 amide bonds. The fraction of sp³-hybridized carbons (Fsp3) is 0.235. The Kier molecular flexibility index (Phi) is 3.87. The molecular formula is C17H17N3O2. The molecule has 112 valence electrons. The monoisotopic (exact) mass is 295 g/mol. The van der Waals surface area contributed by atoms with Gasteiger partial charge >= 0.3 is 0 Å². The third-order valence-electron chi connectivity index (χ3n) is 3.75. The van der Waals surface area contributed by atoms with E-state index in [0.717, 1.165) is 6.42 Å². The van der Waals surface area contributed by atoms with Crippen LogP contribution in [0.5, 0.6) is 0 Å². The van der Waals surface area contributed by atoms with Gasteiger partial charge in [0, 0.05) is 11.5 Å². The molecular weight excluding hydrogens is 278 g/mol. The lowest BCUT2D eigenvalue weighted by atomic mass is 10.2. The zero-order valence-electron chi connectivity index (χ0n) is 12.2. The van der Waals surface area contributed by atoms with Crippen molar-refractivity contribution >= 4 is 23.3 Å². The van der Waals surface area contributed by atoms with Crippen molar-refractivity contribution in [1.82, 2.24) is 4.98 Å². The number of pyridine rings is 1. The lowest BCUT2D eigenvalue weighted by Gasteiger charge is -2.07. The number of hydrogen-bond donors (Lipinski definition) is 2. The van der Waals surface area contributed by atoms with Crippen LogP contribution in [0.1, 0.15) is 23.7 Å². The normalized spacial score (nSPS) is 19.3. The molecule has 2 N–H and O–H groups in total. The highest BCUT2D eigenvalue weighted by Gasteiger charge is 2.39. The molecule has 1 saturated carbocycles. The van der Waals surface area contributed by atoms with E-state index in [1.165, 1.54) is 0 Å². The van der Waals surface area contributed by atoms with Crippen molar-refractivity contribution in [2.75, 3.05) is 10.6 Å². The summed E-state index contributed by atoms with van der Waals surface area (Å²) in [5.74, 6) is 0.869. The molecule has 0 radical (unpaired) electrons. The van der Waals surface area contributed by atoms with Gasteiger partial charge < -0.3 is 10.6 Å². The maximum Gasteiger partial charge on any atom is 0.256 e. The van der Waals surface area contributed by atoms with E-state index >= 15 is 0 Å². The third kappa shape index (κ3) is 3.31. The second-order valence-electron chi connectivity index (χ2n) is 5.56. The highest BCUT2D eigenvalue weighted by molar-refractivity contribution is 6.03. The topological polar surface area (TPSA) is 71.1 Å². The van der Waals surface area contributed by atoms with Gasteiger partial charge in [-0.3, -0.25) is 9.59 Å². The predicted octanol–water partition coefficient (Wildman–Crippen LogP) is 2.93. The van der Waals surface area contributed by atoms with E-state index in [1.54, 1.807) is 42.6 Å². The van der Waals surface area contributed by atoms with Crippen molar-refractivity contribution in [2.45, 2.75) is 13.3 Å². The SMILES string of the molecule is C[C@@H]1C[C@@H]1C(=O)Nc1ccc(NC(=O)c2ccccc2)nc1. The van der Waals surface area contributed by atoms with Crippen LogP contribution < -0.4 is 10.6 Å². The van der Waals surface area contributed by atoms with Gasteiger partial charge in [0.1, 0.15) is 5.82 Å². The van der Waals surface area contributed by atoms with E-state index in [1.807, 2.05) is 6.07 Å². The zero-order valence-corrected chi connectivity index (χ0v) is 12.2. The predicted molar refractivity (Wildman–Crippen MR) is 84.5 cm³/mol. The Hall–Kier alpha value is -2.69. The molecule has 22 heavy (non-hydrogen) atoms. The number of nitrogens with zero attached hydrogens (tertiary/aromatic N) is 1. The van der Waals surface area contributed by atoms with E-state index in [9.17, 15) is 9.59 Å². The Morgan fingerprint density at radius 2 is 1.82 bits per heavy atom. The molecule has 0 spiro atoms. The summed E-state index contributed by atoms with van der Waals surface area (Å²) >= 11 is 0. The highest BCUT2D eigenvalue weighted by atomic mass is 16.2. The second kappa shape index (κ2) is 5.97. The van der Waals surface area contributed by atoms with Gasteiger partial charge in [-0.25, -0.2) is 4.98 Å². The first-order chi connectivity index (χ1) is 10.6. The molecule has 0 saturated heterocycles. The number of hydrogen-bond acceptors (Lipinski definition) is 3. The Morgan fingerprint density at radius 1 is 1.09 bits per heavy atom. The Balaban J connectivity index is 1.59. The largest absolute Gasteiger partial charge is 0.324 e. The number of nitrogens with one attached hydrogen (secondary N) is 2. The van der Waals surface area contributed by atoms with Crippen LogP contribution in [0.2, 0.25) is 0 Å². The van der Waals surface area contributed by atoms with E-state index in [0.29, 0.717) is 23.0 Å². The van der Waals surface area contributed by atoms with Gasteiger partial charge in [-0.2, -0.15) is 0 Å². The minimum absolute atomic E-state index is 0.0374. The van der Waals surface area contributed by atoms with Gasteiger partial charge in [0.25, 0.3) is 5.91 Å². The molecule has 1 aromatic carbocycles. The number of aromatic nitrogens is 1. The van der Waals surface area contributed by atoms with E-state index in [2.05, 4.69) is 22.5 Å². The van der Waals surface area contributed by atoms with Crippen LogP contribution in [0.15, 0.2) is 48.7 Å². The molecule has 0 bridgehead atoms. The summed E-state index contributed by atoms with van der Waals surface area (Å²) in [7, 11) is 0. The molecule has 0 aliphatic heterocycles. The minimum Gasteiger partial charge on any atom is -0.324 e. The molecule has 5 nitrogen and oxygen atoms in total. The van der Waals surface area contributed by atoms with Crippen LogP contribution in [-0.2, 0) is 4.79 Å². The van der Waals surface area contributed by atoms with Crippen LogP contribution >= 0.6 is 0 Å². The van der Waals surface area contributed by atoms with Crippen molar-refractivity contribution in [3.05, 3.63) is 54.2 Å². The van der Waals surface area contributed by atoms with Crippen LogP contribution in [0.4, 0.5) is 11.5 Å². The maximum absolute atomic E-state index is 12.0. The first-order valence-electron chi connectivity index (χ1n) is 7.27. The summed E-state index contributed by atoms with van der Waals surface area (Å²) in [5, 5.41) is 5.55. The summed E-state index contributed by atoms with van der Waals surface area (Å²) < 4.78 is 0. The summed E-state index contributed by atoms with van der Waals surface area (Å²) in [5.41, 5.74) is 1.21. The smallest absolute Gasteiger partial charge is 0.256 e. The minimum atomic E-state index is -0.211. The first kappa shape index (κ1) is 14.3. The molecule has 1 heterocycles. The first-order valence-corrected chi connectivity index (χ1v) is 7.27. The third-order valence-corrected chi connectivity index (χ3v) is 3.75. The highest BCUT2D eigenvalue weighted by Crippen LogP contribution is 2.38. The molecule has 0 unspecified atom stereocenters. The number of amides is 2. The van der Waals surface area contributed by atoms with Gasteiger partial charge in [0.2, 0.25) is 5.91 Å². The van der Waals surface area contributed by atoms with Crippen molar-refractivity contribution in [1.29, 1.82) is 0 Å². The molecule has 2 aromatic rings. The van der Waals surface area contributed by atoms with Gasteiger partial charge in [-0.05, 0) is 36.6 Å². The molecule has 1 aliphatic rings. The number of carbonyl (C=O) groups excluding carboxylic acids is 2. The number of rotatable bonds is 4. The Labute approximate surface area is 128 Å². The Bertz CT molecular complexity index is 683. The molecule has 1 aliphatic carbocycles. The van der Waals surface area contributed by atoms with Gasteiger partial charge in [-0.1, -0.05) is 25.1 Å². The second-order valence-corrected chi connectivity index (χ2v) is 5.56.